The molecule has 2 aliphatic rings. The van der Waals surface area contributed by atoms with Gasteiger partial charge in [-0.1, -0.05) is 31.0 Å². The van der Waals surface area contributed by atoms with Crippen LogP contribution < -0.4 is 20.3 Å². The quantitative estimate of drug-likeness (QED) is 0.295. The summed E-state index contributed by atoms with van der Waals surface area (Å²) in [6, 6.07) is 14.6. The molecule has 3 N–H and O–H groups in total. The summed E-state index contributed by atoms with van der Waals surface area (Å²) in [7, 11) is 3.99. The van der Waals surface area contributed by atoms with Crippen molar-refractivity contribution in [2.75, 3.05) is 37.0 Å². The van der Waals surface area contributed by atoms with Gasteiger partial charge in [0.1, 0.15) is 11.6 Å². The van der Waals surface area contributed by atoms with E-state index in [1.54, 1.807) is 12.1 Å². The molecule has 2 aromatic rings. The summed E-state index contributed by atoms with van der Waals surface area (Å²) in [5, 5.41) is 7.78. The number of carbonyl (C=O) groups excluding carboxylic acids is 1. The van der Waals surface area contributed by atoms with Crippen LogP contribution in [0.4, 0.5) is 11.4 Å². The molecule has 0 saturated carbocycles. The number of ether oxygens (including phenoxy) is 1. The van der Waals surface area contributed by atoms with Crippen molar-refractivity contribution >= 4 is 23.1 Å². The Morgan fingerprint density at radius 2 is 1.78 bits per heavy atom. The first kappa shape index (κ1) is 26.0. The number of benzene rings is 2. The van der Waals surface area contributed by atoms with E-state index in [9.17, 15) is 4.79 Å². The van der Waals surface area contributed by atoms with Gasteiger partial charge < -0.3 is 20.3 Å². The fraction of sp³-hybridized carbons (Fsp3) is 0.517. The number of nitrogen functional groups attached to an aromatic ring is 1. The largest absolute Gasteiger partial charge is 0.474 e. The molecule has 0 spiro atoms. The van der Waals surface area contributed by atoms with Crippen LogP contribution in [0.25, 0.3) is 0 Å². The van der Waals surface area contributed by atoms with Gasteiger partial charge in [-0.15, -0.1) is 0 Å². The van der Waals surface area contributed by atoms with E-state index < -0.39 is 6.10 Å². The molecule has 0 aliphatic carbocycles. The molecule has 1 saturated heterocycles. The van der Waals surface area contributed by atoms with Crippen molar-refractivity contribution in [3.63, 3.8) is 0 Å². The monoisotopic (exact) mass is 491 g/mol. The molecule has 1 unspecified atom stereocenters. The molecular formula is C29H41N5O2. The van der Waals surface area contributed by atoms with E-state index in [-0.39, 0.29) is 11.7 Å². The SMILES string of the molecule is C[C@@H]1CCC[C@H](C)N1CCCCCN1C(=O)C(c2cccc(C(=N)N)c2)Oc2ccc(N(C)C)cc21. The number of nitrogens with two attached hydrogens (primary N) is 1. The Hall–Kier alpha value is -3.06. The van der Waals surface area contributed by atoms with E-state index in [1.807, 2.05) is 54.2 Å². The molecule has 0 aromatic heterocycles. The summed E-state index contributed by atoms with van der Waals surface area (Å²) >= 11 is 0. The minimum absolute atomic E-state index is 0.0228. The smallest absolute Gasteiger partial charge is 0.272 e. The van der Waals surface area contributed by atoms with Gasteiger partial charge in [0, 0.05) is 49.5 Å². The third-order valence-corrected chi connectivity index (χ3v) is 7.66. The molecule has 0 bridgehead atoms. The number of hydrogen-bond acceptors (Lipinski definition) is 5. The number of carbonyl (C=O) groups is 1. The van der Waals surface area contributed by atoms with Crippen LogP contribution in [-0.4, -0.2) is 55.9 Å². The Morgan fingerprint density at radius 3 is 2.47 bits per heavy atom. The van der Waals surface area contributed by atoms with Crippen LogP contribution in [-0.2, 0) is 4.79 Å². The molecule has 36 heavy (non-hydrogen) atoms. The Labute approximate surface area is 215 Å². The van der Waals surface area contributed by atoms with E-state index in [0.29, 0.717) is 35.5 Å². The molecule has 3 atom stereocenters. The lowest BCUT2D eigenvalue weighted by Crippen LogP contribution is -2.44. The van der Waals surface area contributed by atoms with Crippen molar-refractivity contribution in [1.82, 2.24) is 4.90 Å². The summed E-state index contributed by atoms with van der Waals surface area (Å²) in [6.45, 7) is 6.48. The Balaban J connectivity index is 1.49. The highest BCUT2D eigenvalue weighted by Gasteiger charge is 2.36. The van der Waals surface area contributed by atoms with Gasteiger partial charge in [0.25, 0.3) is 5.91 Å². The first-order valence-corrected chi connectivity index (χ1v) is 13.3. The molecule has 194 valence electrons. The fourth-order valence-electron chi connectivity index (χ4n) is 5.50. The lowest BCUT2D eigenvalue weighted by Gasteiger charge is -2.39. The second-order valence-electron chi connectivity index (χ2n) is 10.5. The van der Waals surface area contributed by atoms with Gasteiger partial charge in [-0.2, -0.15) is 0 Å². The van der Waals surface area contributed by atoms with E-state index in [1.165, 1.54) is 19.3 Å². The Bertz CT molecular complexity index is 1080. The fourth-order valence-corrected chi connectivity index (χ4v) is 5.50. The average Bonchev–Trinajstić information content (AvgIpc) is 2.86. The summed E-state index contributed by atoms with van der Waals surface area (Å²) in [5.74, 6) is 0.608. The lowest BCUT2D eigenvalue weighted by molar-refractivity contribution is -0.126. The molecular weight excluding hydrogens is 450 g/mol. The first-order chi connectivity index (χ1) is 17.3. The maximum atomic E-state index is 13.7. The van der Waals surface area contributed by atoms with Crippen LogP contribution in [0.15, 0.2) is 42.5 Å². The van der Waals surface area contributed by atoms with Crippen molar-refractivity contribution in [1.29, 1.82) is 5.41 Å². The molecule has 0 radical (unpaired) electrons. The van der Waals surface area contributed by atoms with Crippen molar-refractivity contribution in [2.24, 2.45) is 5.73 Å². The highest BCUT2D eigenvalue weighted by atomic mass is 16.5. The van der Waals surface area contributed by atoms with Gasteiger partial charge in [-0.05, 0) is 70.3 Å². The minimum atomic E-state index is -0.753. The lowest BCUT2D eigenvalue weighted by atomic mass is 9.97. The van der Waals surface area contributed by atoms with E-state index >= 15 is 0 Å². The average molecular weight is 492 g/mol. The van der Waals surface area contributed by atoms with E-state index in [0.717, 1.165) is 37.2 Å². The van der Waals surface area contributed by atoms with Crippen molar-refractivity contribution in [3.8, 4) is 5.75 Å². The van der Waals surface area contributed by atoms with Crippen LogP contribution in [0.5, 0.6) is 5.75 Å². The van der Waals surface area contributed by atoms with Crippen molar-refractivity contribution in [2.45, 2.75) is 70.6 Å². The predicted molar refractivity (Wildman–Crippen MR) is 147 cm³/mol. The van der Waals surface area contributed by atoms with Gasteiger partial charge in [0.05, 0.1) is 5.69 Å². The highest BCUT2D eigenvalue weighted by Crippen LogP contribution is 2.41. The summed E-state index contributed by atoms with van der Waals surface area (Å²) < 4.78 is 6.23. The zero-order valence-corrected chi connectivity index (χ0v) is 22.2. The van der Waals surface area contributed by atoms with E-state index in [2.05, 4.69) is 18.7 Å². The third kappa shape index (κ3) is 5.67. The standard InChI is InChI=1S/C29H41N5O2/c1-20-10-8-11-21(2)33(20)16-6-5-7-17-34-25-19-24(32(3)4)14-15-26(25)36-27(29(34)35)22-12-9-13-23(18-22)28(30)31/h9,12-15,18-21,27H,5-8,10-11,16-17H2,1-4H3,(H3,30,31)/t20-,21+,27?. The van der Waals surface area contributed by atoms with Gasteiger partial charge in [0.2, 0.25) is 6.10 Å². The van der Waals surface area contributed by atoms with Crippen molar-refractivity contribution in [3.05, 3.63) is 53.6 Å². The summed E-state index contributed by atoms with van der Waals surface area (Å²) in [6.07, 6.45) is 6.33. The molecule has 4 rings (SSSR count). The number of anilines is 2. The normalized spacial score (nSPS) is 22.2. The topological polar surface area (TPSA) is 85.9 Å². The van der Waals surface area contributed by atoms with Crippen LogP contribution in [0.3, 0.4) is 0 Å². The Morgan fingerprint density at radius 1 is 1.06 bits per heavy atom. The van der Waals surface area contributed by atoms with E-state index in [4.69, 9.17) is 15.9 Å². The number of unbranched alkanes of at least 4 members (excludes halogenated alkanes) is 2. The number of nitrogens with zero attached hydrogens (tertiary/aromatic N) is 3. The molecule has 2 aromatic carbocycles. The number of rotatable bonds is 9. The highest BCUT2D eigenvalue weighted by molar-refractivity contribution is 6.01. The zero-order valence-electron chi connectivity index (χ0n) is 22.2. The minimum Gasteiger partial charge on any atom is -0.474 e. The number of amides is 1. The number of hydrogen-bond donors (Lipinski definition) is 2. The maximum Gasteiger partial charge on any atom is 0.272 e. The maximum absolute atomic E-state index is 13.7. The molecule has 1 fully saturated rings. The number of fused-ring (bicyclic) bond motifs is 1. The van der Waals surface area contributed by atoms with Crippen LogP contribution in [0, 0.1) is 5.41 Å². The van der Waals surface area contributed by atoms with Gasteiger partial charge in [-0.25, -0.2) is 0 Å². The second-order valence-corrected chi connectivity index (χ2v) is 10.5. The molecule has 2 aliphatic heterocycles. The van der Waals surface area contributed by atoms with Crippen LogP contribution >= 0.6 is 0 Å². The summed E-state index contributed by atoms with van der Waals surface area (Å²) in [4.78, 5) is 20.3. The number of nitrogens with one attached hydrogen (secondary N) is 1. The number of likely N-dealkylation sites (tertiary alicyclic amines) is 1. The zero-order chi connectivity index (χ0) is 25.8. The first-order valence-electron chi connectivity index (χ1n) is 13.3. The van der Waals surface area contributed by atoms with Gasteiger partial charge in [-0.3, -0.25) is 15.1 Å². The third-order valence-electron chi connectivity index (χ3n) is 7.66. The van der Waals surface area contributed by atoms with Crippen molar-refractivity contribution < 1.29 is 9.53 Å². The summed E-state index contributed by atoms with van der Waals surface area (Å²) in [5.41, 5.74) is 8.85. The molecule has 2 heterocycles. The van der Waals surface area contributed by atoms with Gasteiger partial charge in [0.15, 0.2) is 0 Å². The molecule has 7 nitrogen and oxygen atoms in total. The molecule has 7 heteroatoms. The number of piperidine rings is 1. The Kier molecular flexibility index (Phi) is 8.19. The second kappa shape index (κ2) is 11.3. The predicted octanol–water partition coefficient (Wildman–Crippen LogP) is 4.94. The molecule has 1 amide bonds. The van der Waals surface area contributed by atoms with Gasteiger partial charge >= 0.3 is 0 Å². The number of amidine groups is 1. The van der Waals surface area contributed by atoms with Crippen LogP contribution in [0.1, 0.15) is 69.6 Å². The van der Waals surface area contributed by atoms with Crippen LogP contribution in [0.2, 0.25) is 0 Å².